The summed E-state index contributed by atoms with van der Waals surface area (Å²) in [6.45, 7) is 6.26. The zero-order valence-electron chi connectivity index (χ0n) is 12.3. The first kappa shape index (κ1) is 17.0. The van der Waals surface area contributed by atoms with Crippen molar-refractivity contribution in [3.8, 4) is 0 Å². The van der Waals surface area contributed by atoms with Crippen LogP contribution in [0.1, 0.15) is 43.2 Å². The smallest absolute Gasteiger partial charge is 0.220 e. The van der Waals surface area contributed by atoms with E-state index in [0.717, 1.165) is 25.9 Å². The molecular formula is C16H25ClN2O. The van der Waals surface area contributed by atoms with Crippen molar-refractivity contribution >= 4 is 18.3 Å². The van der Waals surface area contributed by atoms with Crippen molar-refractivity contribution in [3.63, 3.8) is 0 Å². The van der Waals surface area contributed by atoms with Gasteiger partial charge in [0.15, 0.2) is 0 Å². The Morgan fingerprint density at radius 2 is 2.00 bits per heavy atom. The van der Waals surface area contributed by atoms with Gasteiger partial charge >= 0.3 is 0 Å². The van der Waals surface area contributed by atoms with Gasteiger partial charge in [-0.05, 0) is 49.9 Å². The molecule has 1 aliphatic heterocycles. The van der Waals surface area contributed by atoms with Crippen LogP contribution in [0.25, 0.3) is 0 Å². The number of amides is 1. The normalized spacial score (nSPS) is 17.1. The number of piperidine rings is 1. The van der Waals surface area contributed by atoms with E-state index in [2.05, 4.69) is 36.6 Å². The van der Waals surface area contributed by atoms with Gasteiger partial charge in [0.05, 0.1) is 0 Å². The highest BCUT2D eigenvalue weighted by Gasteiger charge is 2.18. The topological polar surface area (TPSA) is 41.1 Å². The molecule has 2 N–H and O–H groups in total. The molecule has 1 amide bonds. The number of carbonyl (C=O) groups excluding carboxylic acids is 1. The number of halogens is 1. The van der Waals surface area contributed by atoms with Crippen LogP contribution in [0.2, 0.25) is 0 Å². The first-order valence-corrected chi connectivity index (χ1v) is 7.22. The molecule has 0 aromatic heterocycles. The zero-order chi connectivity index (χ0) is 13.7. The number of aryl methyl sites for hydroxylation is 1. The fourth-order valence-electron chi connectivity index (χ4n) is 2.78. The first-order chi connectivity index (χ1) is 9.16. The minimum absolute atomic E-state index is 0. The van der Waals surface area contributed by atoms with E-state index in [1.54, 1.807) is 0 Å². The predicted molar refractivity (Wildman–Crippen MR) is 85.5 cm³/mol. The summed E-state index contributed by atoms with van der Waals surface area (Å²) in [5.74, 6) is 0.463. The summed E-state index contributed by atoms with van der Waals surface area (Å²) >= 11 is 0. The van der Waals surface area contributed by atoms with Crippen LogP contribution in [0, 0.1) is 6.92 Å². The standard InChI is InChI=1S/C16H24N2O.ClH/c1-12-5-3-4-6-15(12)13(2)11-16(19)18-14-7-9-17-10-8-14;/h3-6,13-14,17H,7-11H2,1-2H3,(H,18,19);1H. The molecule has 1 unspecified atom stereocenters. The van der Waals surface area contributed by atoms with Gasteiger partial charge in [-0.2, -0.15) is 0 Å². The Labute approximate surface area is 127 Å². The van der Waals surface area contributed by atoms with Gasteiger partial charge in [0, 0.05) is 12.5 Å². The largest absolute Gasteiger partial charge is 0.353 e. The van der Waals surface area contributed by atoms with Crippen LogP contribution < -0.4 is 10.6 Å². The molecule has 1 fully saturated rings. The maximum Gasteiger partial charge on any atom is 0.220 e. The summed E-state index contributed by atoms with van der Waals surface area (Å²) < 4.78 is 0. The minimum atomic E-state index is 0. The SMILES string of the molecule is Cc1ccccc1C(C)CC(=O)NC1CCNCC1.Cl. The van der Waals surface area contributed by atoms with Crippen molar-refractivity contribution in [3.05, 3.63) is 35.4 Å². The number of carbonyl (C=O) groups is 1. The summed E-state index contributed by atoms with van der Waals surface area (Å²) in [6.07, 6.45) is 2.67. The van der Waals surface area contributed by atoms with Gasteiger partial charge in [-0.1, -0.05) is 31.2 Å². The fraction of sp³-hybridized carbons (Fsp3) is 0.562. The van der Waals surface area contributed by atoms with E-state index >= 15 is 0 Å². The molecule has 0 bridgehead atoms. The molecule has 20 heavy (non-hydrogen) atoms. The third kappa shape index (κ3) is 4.80. The van der Waals surface area contributed by atoms with Crippen molar-refractivity contribution in [1.82, 2.24) is 10.6 Å². The Morgan fingerprint density at radius 3 is 2.65 bits per heavy atom. The van der Waals surface area contributed by atoms with Crippen LogP contribution in [-0.2, 0) is 4.79 Å². The summed E-state index contributed by atoms with van der Waals surface area (Å²) in [6, 6.07) is 8.68. The van der Waals surface area contributed by atoms with Gasteiger partial charge in [-0.25, -0.2) is 0 Å². The number of benzene rings is 1. The Balaban J connectivity index is 0.00000200. The first-order valence-electron chi connectivity index (χ1n) is 7.22. The van der Waals surface area contributed by atoms with Crippen molar-refractivity contribution in [2.75, 3.05) is 13.1 Å². The number of nitrogens with one attached hydrogen (secondary N) is 2. The lowest BCUT2D eigenvalue weighted by molar-refractivity contribution is -0.122. The Bertz CT molecular complexity index is 430. The van der Waals surface area contributed by atoms with Crippen LogP contribution in [0.5, 0.6) is 0 Å². The van der Waals surface area contributed by atoms with Crippen LogP contribution in [0.4, 0.5) is 0 Å². The van der Waals surface area contributed by atoms with E-state index in [4.69, 9.17) is 0 Å². The maximum absolute atomic E-state index is 12.1. The van der Waals surface area contributed by atoms with Crippen molar-refractivity contribution in [2.24, 2.45) is 0 Å². The van der Waals surface area contributed by atoms with E-state index in [-0.39, 0.29) is 24.2 Å². The van der Waals surface area contributed by atoms with Crippen LogP contribution in [0.15, 0.2) is 24.3 Å². The second-order valence-electron chi connectivity index (χ2n) is 5.55. The molecule has 0 aliphatic carbocycles. The quantitative estimate of drug-likeness (QED) is 0.897. The van der Waals surface area contributed by atoms with Crippen molar-refractivity contribution < 1.29 is 4.79 Å². The number of rotatable bonds is 4. The lowest BCUT2D eigenvalue weighted by atomic mass is 9.93. The van der Waals surface area contributed by atoms with Crippen molar-refractivity contribution in [1.29, 1.82) is 0 Å². The molecule has 1 aromatic rings. The molecule has 0 radical (unpaired) electrons. The molecule has 1 aliphatic rings. The van der Waals surface area contributed by atoms with Crippen molar-refractivity contribution in [2.45, 2.75) is 45.1 Å². The highest BCUT2D eigenvalue weighted by atomic mass is 35.5. The highest BCUT2D eigenvalue weighted by molar-refractivity contribution is 5.85. The van der Waals surface area contributed by atoms with Gasteiger partial charge in [0.2, 0.25) is 5.91 Å². The second-order valence-corrected chi connectivity index (χ2v) is 5.55. The molecule has 1 aromatic carbocycles. The zero-order valence-corrected chi connectivity index (χ0v) is 13.1. The van der Waals surface area contributed by atoms with Gasteiger partial charge in [-0.3, -0.25) is 4.79 Å². The summed E-state index contributed by atoms with van der Waals surface area (Å²) in [4.78, 5) is 12.1. The van der Waals surface area contributed by atoms with Crippen LogP contribution in [0.3, 0.4) is 0 Å². The van der Waals surface area contributed by atoms with E-state index in [9.17, 15) is 4.79 Å². The summed E-state index contributed by atoms with van der Waals surface area (Å²) in [7, 11) is 0. The molecular weight excluding hydrogens is 272 g/mol. The van der Waals surface area contributed by atoms with Gasteiger partial charge < -0.3 is 10.6 Å². The molecule has 0 saturated carbocycles. The average molecular weight is 297 g/mol. The van der Waals surface area contributed by atoms with Gasteiger partial charge in [0.25, 0.3) is 0 Å². The van der Waals surface area contributed by atoms with E-state index < -0.39 is 0 Å². The minimum Gasteiger partial charge on any atom is -0.353 e. The Morgan fingerprint density at radius 1 is 1.35 bits per heavy atom. The van der Waals surface area contributed by atoms with Crippen LogP contribution in [-0.4, -0.2) is 25.0 Å². The fourth-order valence-corrected chi connectivity index (χ4v) is 2.78. The Kier molecular flexibility index (Phi) is 7.03. The summed E-state index contributed by atoms with van der Waals surface area (Å²) in [5, 5.41) is 6.47. The maximum atomic E-state index is 12.1. The lowest BCUT2D eigenvalue weighted by Gasteiger charge is -2.24. The number of hydrogen-bond acceptors (Lipinski definition) is 2. The average Bonchev–Trinajstić information content (AvgIpc) is 2.40. The number of hydrogen-bond donors (Lipinski definition) is 2. The molecule has 2 rings (SSSR count). The van der Waals surface area contributed by atoms with E-state index in [1.807, 2.05) is 12.1 Å². The molecule has 4 heteroatoms. The third-order valence-electron chi connectivity index (χ3n) is 3.92. The molecule has 1 atom stereocenters. The highest BCUT2D eigenvalue weighted by Crippen LogP contribution is 2.22. The van der Waals surface area contributed by atoms with Gasteiger partial charge in [-0.15, -0.1) is 12.4 Å². The monoisotopic (exact) mass is 296 g/mol. The predicted octanol–water partition coefficient (Wildman–Crippen LogP) is 2.78. The molecule has 0 spiro atoms. The summed E-state index contributed by atoms with van der Waals surface area (Å²) in [5.41, 5.74) is 2.55. The second kappa shape index (κ2) is 8.28. The molecule has 3 nitrogen and oxygen atoms in total. The molecule has 1 heterocycles. The third-order valence-corrected chi connectivity index (χ3v) is 3.92. The van der Waals surface area contributed by atoms with Gasteiger partial charge in [0.1, 0.15) is 0 Å². The molecule has 1 saturated heterocycles. The molecule has 112 valence electrons. The van der Waals surface area contributed by atoms with E-state index in [1.165, 1.54) is 11.1 Å². The van der Waals surface area contributed by atoms with E-state index in [0.29, 0.717) is 12.5 Å². The lowest BCUT2D eigenvalue weighted by Crippen LogP contribution is -2.42. The van der Waals surface area contributed by atoms with Crippen LogP contribution >= 0.6 is 12.4 Å². The Hall–Kier alpha value is -1.06.